The van der Waals surface area contributed by atoms with Gasteiger partial charge in [-0.15, -0.1) is 0 Å². The van der Waals surface area contributed by atoms with Gasteiger partial charge in [-0.3, -0.25) is 4.79 Å². The average molecular weight is 258 g/mol. The Labute approximate surface area is 98.4 Å². The van der Waals surface area contributed by atoms with Crippen molar-refractivity contribution in [2.45, 2.75) is 6.18 Å². The van der Waals surface area contributed by atoms with Gasteiger partial charge >= 0.3 is 18.1 Å². The van der Waals surface area contributed by atoms with E-state index in [0.29, 0.717) is 0 Å². The van der Waals surface area contributed by atoms with Crippen molar-refractivity contribution in [3.63, 3.8) is 0 Å². The molecule has 1 rings (SSSR count). The van der Waals surface area contributed by atoms with Crippen LogP contribution in [0.25, 0.3) is 0 Å². The number of rotatable bonds is 2. The molecule has 1 aromatic carbocycles. The van der Waals surface area contributed by atoms with Gasteiger partial charge in [0.15, 0.2) is 0 Å². The first-order chi connectivity index (χ1) is 8.25. The zero-order chi connectivity index (χ0) is 13.9. The molecule has 0 saturated carbocycles. The van der Waals surface area contributed by atoms with E-state index in [1.165, 1.54) is 5.32 Å². The summed E-state index contributed by atoms with van der Waals surface area (Å²) in [6, 6.07) is 4.37. The number of anilines is 1. The number of amides is 1. The van der Waals surface area contributed by atoms with Gasteiger partial charge in [0.25, 0.3) is 0 Å². The first kappa shape index (κ1) is 13.5. The Balaban J connectivity index is 3.08. The van der Waals surface area contributed by atoms with Crippen molar-refractivity contribution in [3.05, 3.63) is 29.3 Å². The molecule has 1 aromatic rings. The lowest BCUT2D eigenvalue weighted by Crippen LogP contribution is -2.30. The highest BCUT2D eigenvalue weighted by Crippen LogP contribution is 2.20. The normalized spacial score (nSPS) is 10.6. The van der Waals surface area contributed by atoms with E-state index in [9.17, 15) is 22.8 Å². The summed E-state index contributed by atoms with van der Waals surface area (Å²) in [5.74, 6) is -3.70. The van der Waals surface area contributed by atoms with Gasteiger partial charge < -0.3 is 10.4 Å². The molecule has 1 amide bonds. The third-order valence-electron chi connectivity index (χ3n) is 1.89. The Morgan fingerprint density at radius 2 is 1.94 bits per heavy atom. The maximum absolute atomic E-state index is 12.0. The number of carboxylic acids is 1. The van der Waals surface area contributed by atoms with Crippen LogP contribution in [0.15, 0.2) is 18.2 Å². The molecule has 0 aromatic heterocycles. The highest BCUT2D eigenvalue weighted by atomic mass is 19.4. The van der Waals surface area contributed by atoms with Gasteiger partial charge in [-0.05, 0) is 18.2 Å². The summed E-state index contributed by atoms with van der Waals surface area (Å²) < 4.78 is 35.9. The molecule has 0 unspecified atom stereocenters. The summed E-state index contributed by atoms with van der Waals surface area (Å²) in [6.07, 6.45) is -5.07. The molecule has 0 aliphatic carbocycles. The Bertz CT molecular complexity index is 546. The molecule has 0 aliphatic heterocycles. The smallest absolute Gasteiger partial charge is 0.471 e. The minimum Gasteiger partial charge on any atom is -0.478 e. The van der Waals surface area contributed by atoms with Crippen LogP contribution in [0.5, 0.6) is 0 Å². The Hall–Kier alpha value is -2.56. The predicted molar refractivity (Wildman–Crippen MR) is 52.8 cm³/mol. The van der Waals surface area contributed by atoms with Crippen LogP contribution in [0.1, 0.15) is 15.9 Å². The minimum atomic E-state index is -5.07. The van der Waals surface area contributed by atoms with Crippen molar-refractivity contribution in [1.82, 2.24) is 0 Å². The molecule has 94 valence electrons. The standard InChI is InChI=1S/C10H5F3N2O3/c11-10(12,13)9(18)15-6-2-1-5(4-14)7(3-6)8(16)17/h1-3H,(H,15,18)(H,16,17). The summed E-state index contributed by atoms with van der Waals surface area (Å²) in [5, 5.41) is 18.8. The Morgan fingerprint density at radius 3 is 2.39 bits per heavy atom. The van der Waals surface area contributed by atoms with Crippen molar-refractivity contribution >= 4 is 17.6 Å². The monoisotopic (exact) mass is 258 g/mol. The molecule has 0 fully saturated rings. The Morgan fingerprint density at radius 1 is 1.33 bits per heavy atom. The van der Waals surface area contributed by atoms with Crippen molar-refractivity contribution in [2.75, 3.05) is 5.32 Å². The molecule has 8 heteroatoms. The summed E-state index contributed by atoms with van der Waals surface area (Å²) in [4.78, 5) is 21.4. The zero-order valence-corrected chi connectivity index (χ0v) is 8.58. The van der Waals surface area contributed by atoms with E-state index in [1.807, 2.05) is 0 Å². The molecule has 0 aliphatic rings. The molecule has 2 N–H and O–H groups in total. The highest BCUT2D eigenvalue weighted by Gasteiger charge is 2.38. The molecule has 5 nitrogen and oxygen atoms in total. The predicted octanol–water partition coefficient (Wildman–Crippen LogP) is 1.76. The van der Waals surface area contributed by atoms with Crippen LogP contribution in [-0.2, 0) is 4.79 Å². The van der Waals surface area contributed by atoms with Crippen LogP contribution in [0, 0.1) is 11.3 Å². The summed E-state index contributed by atoms with van der Waals surface area (Å²) >= 11 is 0. The van der Waals surface area contributed by atoms with Crippen LogP contribution in [-0.4, -0.2) is 23.2 Å². The molecule has 0 heterocycles. The fraction of sp³-hybridized carbons (Fsp3) is 0.100. The van der Waals surface area contributed by atoms with E-state index in [0.717, 1.165) is 18.2 Å². The van der Waals surface area contributed by atoms with Crippen LogP contribution in [0.2, 0.25) is 0 Å². The van der Waals surface area contributed by atoms with Gasteiger partial charge in [0.1, 0.15) is 6.07 Å². The van der Waals surface area contributed by atoms with Crippen LogP contribution < -0.4 is 5.32 Å². The van der Waals surface area contributed by atoms with Gasteiger partial charge in [-0.25, -0.2) is 4.79 Å². The maximum Gasteiger partial charge on any atom is 0.471 e. The lowest BCUT2D eigenvalue weighted by Gasteiger charge is -2.08. The SMILES string of the molecule is N#Cc1ccc(NC(=O)C(F)(F)F)cc1C(=O)O. The van der Waals surface area contributed by atoms with E-state index in [1.54, 1.807) is 6.07 Å². The van der Waals surface area contributed by atoms with Gasteiger partial charge in [0, 0.05) is 5.69 Å². The molecule has 0 spiro atoms. The lowest BCUT2D eigenvalue weighted by atomic mass is 10.1. The molecule has 0 bridgehead atoms. The highest BCUT2D eigenvalue weighted by molar-refractivity contribution is 5.97. The van der Waals surface area contributed by atoms with Crippen LogP contribution in [0.3, 0.4) is 0 Å². The van der Waals surface area contributed by atoms with E-state index in [2.05, 4.69) is 0 Å². The molecular formula is C10H5F3N2O3. The third-order valence-corrected chi connectivity index (χ3v) is 1.89. The quantitative estimate of drug-likeness (QED) is 0.845. The zero-order valence-electron chi connectivity index (χ0n) is 8.58. The number of nitriles is 1. The summed E-state index contributed by atoms with van der Waals surface area (Å²) in [5.41, 5.74) is -1.06. The van der Waals surface area contributed by atoms with Crippen LogP contribution in [0.4, 0.5) is 18.9 Å². The number of nitrogens with zero attached hydrogens (tertiary/aromatic N) is 1. The first-order valence-corrected chi connectivity index (χ1v) is 4.41. The van der Waals surface area contributed by atoms with Crippen molar-refractivity contribution in [2.24, 2.45) is 0 Å². The van der Waals surface area contributed by atoms with Crippen LogP contribution >= 0.6 is 0 Å². The van der Waals surface area contributed by atoms with Gasteiger partial charge in [0.2, 0.25) is 0 Å². The number of carbonyl (C=O) groups is 2. The number of carboxylic acid groups (broad SMARTS) is 1. The van der Waals surface area contributed by atoms with Gasteiger partial charge in [0.05, 0.1) is 11.1 Å². The summed E-state index contributed by atoms with van der Waals surface area (Å²) in [7, 11) is 0. The molecule has 18 heavy (non-hydrogen) atoms. The molecular weight excluding hydrogens is 253 g/mol. The van der Waals surface area contributed by atoms with E-state index < -0.39 is 23.6 Å². The van der Waals surface area contributed by atoms with Gasteiger partial charge in [-0.1, -0.05) is 0 Å². The number of aromatic carboxylic acids is 1. The summed E-state index contributed by atoms with van der Waals surface area (Å²) in [6.45, 7) is 0. The minimum absolute atomic E-state index is 0.215. The topological polar surface area (TPSA) is 90.2 Å². The molecule has 0 atom stereocenters. The fourth-order valence-electron chi connectivity index (χ4n) is 1.10. The second kappa shape index (κ2) is 4.75. The number of benzene rings is 1. The third kappa shape index (κ3) is 2.98. The number of carbonyl (C=O) groups excluding carboxylic acids is 1. The largest absolute Gasteiger partial charge is 0.478 e. The number of nitrogens with one attached hydrogen (secondary N) is 1. The first-order valence-electron chi connectivity index (χ1n) is 4.41. The second-order valence-corrected chi connectivity index (χ2v) is 3.13. The lowest BCUT2D eigenvalue weighted by molar-refractivity contribution is -0.167. The number of halogens is 3. The molecule has 0 saturated heterocycles. The van der Waals surface area contributed by atoms with E-state index in [4.69, 9.17) is 10.4 Å². The van der Waals surface area contributed by atoms with E-state index >= 15 is 0 Å². The second-order valence-electron chi connectivity index (χ2n) is 3.13. The van der Waals surface area contributed by atoms with Gasteiger partial charge in [-0.2, -0.15) is 18.4 Å². The van der Waals surface area contributed by atoms with Crippen molar-refractivity contribution in [1.29, 1.82) is 5.26 Å². The number of hydrogen-bond donors (Lipinski definition) is 2. The van der Waals surface area contributed by atoms with Crippen molar-refractivity contribution in [3.8, 4) is 6.07 Å². The molecule has 0 radical (unpaired) electrons. The van der Waals surface area contributed by atoms with Crippen molar-refractivity contribution < 1.29 is 27.9 Å². The number of hydrogen-bond acceptors (Lipinski definition) is 3. The average Bonchev–Trinajstić information content (AvgIpc) is 2.27. The fourth-order valence-corrected chi connectivity index (χ4v) is 1.10. The Kier molecular flexibility index (Phi) is 3.56. The van der Waals surface area contributed by atoms with E-state index in [-0.39, 0.29) is 11.3 Å². The number of alkyl halides is 3. The maximum atomic E-state index is 12.0.